The van der Waals surface area contributed by atoms with Crippen molar-refractivity contribution >= 4 is 62.3 Å². The molecule has 2 heterocycles. The zero-order chi connectivity index (χ0) is 22.2. The van der Waals surface area contributed by atoms with Gasteiger partial charge in [-0.3, -0.25) is 14.2 Å². The maximum atomic E-state index is 13.1. The third-order valence-electron chi connectivity index (χ3n) is 4.33. The number of halogens is 2. The van der Waals surface area contributed by atoms with E-state index in [-0.39, 0.29) is 6.10 Å². The normalized spacial score (nSPS) is 12.2. The van der Waals surface area contributed by atoms with E-state index in [2.05, 4.69) is 10.3 Å². The topological polar surface area (TPSA) is 90.3 Å². The Balaban J connectivity index is 1.94. The Kier molecular flexibility index (Phi) is 6.50. The van der Waals surface area contributed by atoms with Gasteiger partial charge in [0.05, 0.1) is 17.8 Å². The molecule has 0 spiro atoms. The predicted octanol–water partition coefficient (Wildman–Crippen LogP) is 4.84. The highest BCUT2D eigenvalue weighted by Crippen LogP contribution is 2.28. The monoisotopic (exact) mass is 467 g/mol. The summed E-state index contributed by atoms with van der Waals surface area (Å²) < 4.78 is 6.46. The van der Waals surface area contributed by atoms with Gasteiger partial charge in [0, 0.05) is 15.7 Å². The van der Waals surface area contributed by atoms with Gasteiger partial charge in [-0.05, 0) is 51.5 Å². The minimum atomic E-state index is -0.863. The summed E-state index contributed by atoms with van der Waals surface area (Å²) in [6.45, 7) is 6.74. The van der Waals surface area contributed by atoms with Crippen LogP contribution in [0.4, 0.5) is 5.69 Å². The van der Waals surface area contributed by atoms with Crippen molar-refractivity contribution in [2.45, 2.75) is 39.8 Å². The fourth-order valence-corrected chi connectivity index (χ4v) is 4.42. The molecule has 2 aromatic heterocycles. The average Bonchev–Trinajstić information content (AvgIpc) is 2.97. The van der Waals surface area contributed by atoms with Crippen LogP contribution in [0.5, 0.6) is 0 Å². The molecule has 10 heteroatoms. The molecule has 0 radical (unpaired) electrons. The molecule has 0 aliphatic rings. The van der Waals surface area contributed by atoms with Gasteiger partial charge in [-0.2, -0.15) is 0 Å². The number of thiophene rings is 1. The Morgan fingerprint density at radius 3 is 2.40 bits per heavy atom. The standard InChI is InChI=1S/C20H19Cl2N3O4S/c1-9(2)29-20(28)16-10(3)15-18(30-16)23-8-25(19(15)27)11(4)17(26)24-14-6-12(21)5-13(22)7-14/h5-9,11H,1-4H3,(H,24,26). The smallest absolute Gasteiger partial charge is 0.348 e. The fourth-order valence-electron chi connectivity index (χ4n) is 2.87. The highest BCUT2D eigenvalue weighted by atomic mass is 35.5. The number of aryl methyl sites for hydroxylation is 1. The van der Waals surface area contributed by atoms with Crippen LogP contribution in [0.1, 0.15) is 42.0 Å². The molecule has 30 heavy (non-hydrogen) atoms. The number of anilines is 1. The molecule has 0 aliphatic carbocycles. The third kappa shape index (κ3) is 4.50. The lowest BCUT2D eigenvalue weighted by molar-refractivity contribution is -0.118. The molecular formula is C20H19Cl2N3O4S. The number of aromatic nitrogens is 2. The van der Waals surface area contributed by atoms with Crippen LogP contribution in [0.25, 0.3) is 10.2 Å². The summed E-state index contributed by atoms with van der Waals surface area (Å²) in [7, 11) is 0. The molecule has 158 valence electrons. The van der Waals surface area contributed by atoms with Crippen LogP contribution in [0.2, 0.25) is 10.0 Å². The first-order valence-electron chi connectivity index (χ1n) is 9.06. The van der Waals surface area contributed by atoms with Crippen molar-refractivity contribution in [3.8, 4) is 0 Å². The minimum absolute atomic E-state index is 0.282. The predicted molar refractivity (Wildman–Crippen MR) is 119 cm³/mol. The van der Waals surface area contributed by atoms with Gasteiger partial charge < -0.3 is 10.1 Å². The molecular weight excluding hydrogens is 449 g/mol. The van der Waals surface area contributed by atoms with Gasteiger partial charge in [-0.1, -0.05) is 23.2 Å². The number of esters is 1. The lowest BCUT2D eigenvalue weighted by atomic mass is 10.2. The molecule has 0 saturated heterocycles. The Morgan fingerprint density at radius 1 is 1.17 bits per heavy atom. The van der Waals surface area contributed by atoms with Crippen LogP contribution in [0.15, 0.2) is 29.3 Å². The lowest BCUT2D eigenvalue weighted by Crippen LogP contribution is -2.31. The van der Waals surface area contributed by atoms with Crippen LogP contribution < -0.4 is 10.9 Å². The molecule has 1 unspecified atom stereocenters. The van der Waals surface area contributed by atoms with E-state index >= 15 is 0 Å². The number of fused-ring (bicyclic) bond motifs is 1. The number of rotatable bonds is 5. The molecule has 0 saturated carbocycles. The number of hydrogen-bond acceptors (Lipinski definition) is 6. The Hall–Kier alpha value is -2.42. The number of benzene rings is 1. The van der Waals surface area contributed by atoms with E-state index in [9.17, 15) is 14.4 Å². The SMILES string of the molecule is Cc1c(C(=O)OC(C)C)sc2ncn(C(C)C(=O)Nc3cc(Cl)cc(Cl)c3)c(=O)c12. The summed E-state index contributed by atoms with van der Waals surface area (Å²) in [6, 6.07) is 3.79. The maximum absolute atomic E-state index is 13.1. The number of nitrogens with one attached hydrogen (secondary N) is 1. The fraction of sp³-hybridized carbons (Fsp3) is 0.300. The number of hydrogen-bond donors (Lipinski definition) is 1. The molecule has 0 fully saturated rings. The van der Waals surface area contributed by atoms with Crippen LogP contribution in [-0.2, 0) is 9.53 Å². The highest BCUT2D eigenvalue weighted by Gasteiger charge is 2.24. The van der Waals surface area contributed by atoms with Crippen molar-refractivity contribution in [2.24, 2.45) is 0 Å². The van der Waals surface area contributed by atoms with E-state index in [4.69, 9.17) is 27.9 Å². The van der Waals surface area contributed by atoms with Crippen molar-refractivity contribution in [1.29, 1.82) is 0 Å². The van der Waals surface area contributed by atoms with E-state index in [1.807, 2.05) is 0 Å². The van der Waals surface area contributed by atoms with Gasteiger partial charge in [0.2, 0.25) is 5.91 Å². The number of carbonyl (C=O) groups is 2. The molecule has 3 rings (SSSR count). The lowest BCUT2D eigenvalue weighted by Gasteiger charge is -2.15. The summed E-state index contributed by atoms with van der Waals surface area (Å²) >= 11 is 13.0. The van der Waals surface area contributed by atoms with Gasteiger partial charge in [0.15, 0.2) is 0 Å². The first kappa shape index (κ1) is 22.3. The van der Waals surface area contributed by atoms with Crippen molar-refractivity contribution in [2.75, 3.05) is 5.32 Å². The van der Waals surface area contributed by atoms with Crippen molar-refractivity contribution in [3.63, 3.8) is 0 Å². The van der Waals surface area contributed by atoms with Crippen LogP contribution >= 0.6 is 34.5 Å². The van der Waals surface area contributed by atoms with E-state index in [1.54, 1.807) is 45.9 Å². The van der Waals surface area contributed by atoms with Crippen molar-refractivity contribution in [3.05, 3.63) is 55.4 Å². The van der Waals surface area contributed by atoms with Gasteiger partial charge in [-0.15, -0.1) is 11.3 Å². The Morgan fingerprint density at radius 2 is 1.80 bits per heavy atom. The summed E-state index contributed by atoms with van der Waals surface area (Å²) in [4.78, 5) is 43.1. The van der Waals surface area contributed by atoms with Crippen LogP contribution in [0, 0.1) is 6.92 Å². The second kappa shape index (κ2) is 8.75. The molecule has 7 nitrogen and oxygen atoms in total. The summed E-state index contributed by atoms with van der Waals surface area (Å²) in [5.74, 6) is -0.941. The first-order chi connectivity index (χ1) is 14.1. The molecule has 3 aromatic rings. The van der Waals surface area contributed by atoms with Crippen LogP contribution in [-0.4, -0.2) is 27.5 Å². The van der Waals surface area contributed by atoms with Crippen molar-refractivity contribution in [1.82, 2.24) is 9.55 Å². The van der Waals surface area contributed by atoms with E-state index < -0.39 is 23.5 Å². The maximum Gasteiger partial charge on any atom is 0.348 e. The second-order valence-electron chi connectivity index (χ2n) is 6.97. The van der Waals surface area contributed by atoms with Gasteiger partial charge in [-0.25, -0.2) is 9.78 Å². The molecule has 1 atom stereocenters. The molecule has 0 bridgehead atoms. The quantitative estimate of drug-likeness (QED) is 0.542. The molecule has 1 amide bonds. The van der Waals surface area contributed by atoms with Gasteiger partial charge >= 0.3 is 5.97 Å². The zero-order valence-corrected chi connectivity index (χ0v) is 19.0. The largest absolute Gasteiger partial charge is 0.459 e. The zero-order valence-electron chi connectivity index (χ0n) is 16.7. The van der Waals surface area contributed by atoms with Crippen molar-refractivity contribution < 1.29 is 14.3 Å². The highest BCUT2D eigenvalue weighted by molar-refractivity contribution is 7.20. The summed E-state index contributed by atoms with van der Waals surface area (Å²) in [6.07, 6.45) is 1.02. The summed E-state index contributed by atoms with van der Waals surface area (Å²) in [5.41, 5.74) is 0.489. The van der Waals surface area contributed by atoms with E-state index in [1.165, 1.54) is 10.9 Å². The summed E-state index contributed by atoms with van der Waals surface area (Å²) in [5, 5.41) is 3.74. The number of nitrogens with zero attached hydrogens (tertiary/aromatic N) is 2. The number of amides is 1. The number of carbonyl (C=O) groups excluding carboxylic acids is 2. The molecule has 1 aromatic carbocycles. The van der Waals surface area contributed by atoms with E-state index in [0.29, 0.717) is 36.4 Å². The second-order valence-corrected chi connectivity index (χ2v) is 8.84. The minimum Gasteiger partial charge on any atom is -0.459 e. The first-order valence-corrected chi connectivity index (χ1v) is 10.6. The number of ether oxygens (including phenoxy) is 1. The van der Waals surface area contributed by atoms with Crippen LogP contribution in [0.3, 0.4) is 0 Å². The third-order valence-corrected chi connectivity index (χ3v) is 5.95. The molecule has 0 aliphatic heterocycles. The molecule has 1 N–H and O–H groups in total. The van der Waals surface area contributed by atoms with Gasteiger partial charge in [0.25, 0.3) is 5.56 Å². The average molecular weight is 468 g/mol. The Bertz CT molecular complexity index is 1180. The van der Waals surface area contributed by atoms with E-state index in [0.717, 1.165) is 11.3 Å². The van der Waals surface area contributed by atoms with Gasteiger partial charge in [0.1, 0.15) is 15.7 Å². The Labute approximate surface area is 186 Å².